The van der Waals surface area contributed by atoms with Crippen molar-refractivity contribution >= 4 is 30.1 Å². The molecule has 1 aromatic carbocycles. The number of carbonyl (C=O) groups is 1. The lowest BCUT2D eigenvalue weighted by Crippen LogP contribution is -2.43. The summed E-state index contributed by atoms with van der Waals surface area (Å²) in [5, 5.41) is 6.61. The van der Waals surface area contributed by atoms with Crippen molar-refractivity contribution in [2.75, 3.05) is 12.3 Å². The van der Waals surface area contributed by atoms with E-state index in [-0.39, 0.29) is 24.4 Å². The van der Waals surface area contributed by atoms with Gasteiger partial charge in [0.2, 0.25) is 5.91 Å². The normalized spacial score (nSPS) is 26.8. The van der Waals surface area contributed by atoms with Gasteiger partial charge in [-0.25, -0.2) is 0 Å². The molecule has 0 spiro atoms. The highest BCUT2D eigenvalue weighted by atomic mass is 35.5. The van der Waals surface area contributed by atoms with Crippen molar-refractivity contribution in [3.8, 4) is 0 Å². The number of nitrogens with one attached hydrogen (secondary N) is 2. The van der Waals surface area contributed by atoms with Crippen LogP contribution in [0.3, 0.4) is 0 Å². The molecule has 1 aromatic rings. The first-order chi connectivity index (χ1) is 10.3. The van der Waals surface area contributed by atoms with E-state index >= 15 is 0 Å². The first kappa shape index (κ1) is 17.6. The molecule has 0 bridgehead atoms. The lowest BCUT2D eigenvalue weighted by Gasteiger charge is -2.24. The van der Waals surface area contributed by atoms with Gasteiger partial charge in [-0.15, -0.1) is 24.2 Å². The molecule has 1 heterocycles. The lowest BCUT2D eigenvalue weighted by molar-refractivity contribution is -0.122. The van der Waals surface area contributed by atoms with Crippen LogP contribution in [0.25, 0.3) is 0 Å². The molecule has 1 aliphatic carbocycles. The average Bonchev–Trinajstić information content (AvgIpc) is 2.96. The summed E-state index contributed by atoms with van der Waals surface area (Å²) in [6, 6.07) is 11.0. The predicted molar refractivity (Wildman–Crippen MR) is 94.7 cm³/mol. The third-order valence-electron chi connectivity index (χ3n) is 4.59. The summed E-state index contributed by atoms with van der Waals surface area (Å²) >= 11 is 1.79. The van der Waals surface area contributed by atoms with Crippen LogP contribution in [0, 0.1) is 5.92 Å². The zero-order valence-corrected chi connectivity index (χ0v) is 14.4. The first-order valence-corrected chi connectivity index (χ1v) is 9.03. The van der Waals surface area contributed by atoms with Crippen molar-refractivity contribution in [2.45, 2.75) is 49.1 Å². The van der Waals surface area contributed by atoms with Crippen molar-refractivity contribution in [1.29, 1.82) is 0 Å². The van der Waals surface area contributed by atoms with Gasteiger partial charge in [0, 0.05) is 23.2 Å². The topological polar surface area (TPSA) is 41.1 Å². The van der Waals surface area contributed by atoms with Crippen LogP contribution in [0.15, 0.2) is 35.2 Å². The minimum absolute atomic E-state index is 0. The van der Waals surface area contributed by atoms with Gasteiger partial charge in [-0.3, -0.25) is 4.79 Å². The summed E-state index contributed by atoms with van der Waals surface area (Å²) < 4.78 is 0. The largest absolute Gasteiger partial charge is 0.354 e. The molecule has 2 aliphatic rings. The van der Waals surface area contributed by atoms with E-state index in [1.54, 1.807) is 11.8 Å². The second-order valence-corrected chi connectivity index (χ2v) is 7.23. The van der Waals surface area contributed by atoms with E-state index in [0.717, 1.165) is 24.6 Å². The Bertz CT molecular complexity index is 457. The number of carbonyl (C=O) groups excluding carboxylic acids is 1. The van der Waals surface area contributed by atoms with E-state index in [2.05, 4.69) is 22.8 Å². The number of rotatable bonds is 5. The Morgan fingerprint density at radius 2 is 2.00 bits per heavy atom. The molecule has 3 nitrogen and oxygen atoms in total. The maximum absolute atomic E-state index is 12.2. The molecule has 3 unspecified atom stereocenters. The molecule has 5 heteroatoms. The van der Waals surface area contributed by atoms with Crippen LogP contribution in [-0.4, -0.2) is 30.3 Å². The van der Waals surface area contributed by atoms with Gasteiger partial charge in [0.1, 0.15) is 0 Å². The molecular weight excluding hydrogens is 316 g/mol. The third-order valence-corrected chi connectivity index (χ3v) is 5.61. The second-order valence-electron chi connectivity index (χ2n) is 6.06. The van der Waals surface area contributed by atoms with Crippen LogP contribution in [-0.2, 0) is 4.79 Å². The average molecular weight is 341 g/mol. The van der Waals surface area contributed by atoms with E-state index in [1.165, 1.54) is 30.6 Å². The number of hydrogen-bond acceptors (Lipinski definition) is 3. The number of thioether (sulfide) groups is 1. The molecule has 1 amide bonds. The van der Waals surface area contributed by atoms with Gasteiger partial charge in [-0.2, -0.15) is 0 Å². The number of halogens is 1. The van der Waals surface area contributed by atoms with Crippen molar-refractivity contribution in [3.63, 3.8) is 0 Å². The monoisotopic (exact) mass is 340 g/mol. The van der Waals surface area contributed by atoms with E-state index < -0.39 is 0 Å². The van der Waals surface area contributed by atoms with Gasteiger partial charge in [-0.05, 0) is 37.3 Å². The van der Waals surface area contributed by atoms with Crippen molar-refractivity contribution in [2.24, 2.45) is 5.92 Å². The fourth-order valence-corrected chi connectivity index (χ4v) is 4.29. The second kappa shape index (κ2) is 8.80. The maximum atomic E-state index is 12.2. The molecule has 0 radical (unpaired) electrons. The van der Waals surface area contributed by atoms with Gasteiger partial charge in [0.15, 0.2) is 0 Å². The van der Waals surface area contributed by atoms with Gasteiger partial charge < -0.3 is 10.6 Å². The Morgan fingerprint density at radius 3 is 2.77 bits per heavy atom. The molecule has 1 aliphatic heterocycles. The third kappa shape index (κ3) is 4.64. The SMILES string of the molecule is Cl.O=C(NCCSc1ccccc1)C1CC2CCCCC2N1. The minimum Gasteiger partial charge on any atom is -0.354 e. The molecule has 3 rings (SSSR count). The van der Waals surface area contributed by atoms with E-state index in [0.29, 0.717) is 6.04 Å². The molecule has 0 aromatic heterocycles. The molecule has 1 saturated heterocycles. The highest BCUT2D eigenvalue weighted by Gasteiger charge is 2.37. The number of amides is 1. The van der Waals surface area contributed by atoms with E-state index in [4.69, 9.17) is 0 Å². The van der Waals surface area contributed by atoms with Gasteiger partial charge in [-0.1, -0.05) is 31.0 Å². The zero-order valence-electron chi connectivity index (χ0n) is 12.8. The van der Waals surface area contributed by atoms with Gasteiger partial charge in [0.05, 0.1) is 6.04 Å². The van der Waals surface area contributed by atoms with Gasteiger partial charge >= 0.3 is 0 Å². The van der Waals surface area contributed by atoms with Crippen LogP contribution in [0.5, 0.6) is 0 Å². The summed E-state index contributed by atoms with van der Waals surface area (Å²) in [4.78, 5) is 13.5. The first-order valence-electron chi connectivity index (χ1n) is 8.04. The summed E-state index contributed by atoms with van der Waals surface area (Å²) in [6.45, 7) is 0.742. The fourth-order valence-electron chi connectivity index (χ4n) is 3.50. The van der Waals surface area contributed by atoms with Crippen LogP contribution in [0.1, 0.15) is 32.1 Å². The summed E-state index contributed by atoms with van der Waals surface area (Å²) in [5.74, 6) is 1.85. The van der Waals surface area contributed by atoms with E-state index in [1.807, 2.05) is 18.2 Å². The number of hydrogen-bond donors (Lipinski definition) is 2. The Kier molecular flexibility index (Phi) is 7.06. The predicted octanol–water partition coefficient (Wildman–Crippen LogP) is 3.24. The van der Waals surface area contributed by atoms with Gasteiger partial charge in [0.25, 0.3) is 0 Å². The summed E-state index contributed by atoms with van der Waals surface area (Å²) in [7, 11) is 0. The molecule has 2 fully saturated rings. The van der Waals surface area contributed by atoms with Crippen LogP contribution >= 0.6 is 24.2 Å². The van der Waals surface area contributed by atoms with Crippen LogP contribution in [0.2, 0.25) is 0 Å². The summed E-state index contributed by atoms with van der Waals surface area (Å²) in [6.07, 6.45) is 6.23. The summed E-state index contributed by atoms with van der Waals surface area (Å²) in [5.41, 5.74) is 0. The van der Waals surface area contributed by atoms with E-state index in [9.17, 15) is 4.79 Å². The molecule has 1 saturated carbocycles. The van der Waals surface area contributed by atoms with Crippen molar-refractivity contribution in [1.82, 2.24) is 10.6 Å². The molecule has 22 heavy (non-hydrogen) atoms. The standard InChI is InChI=1S/C17H24N2OS.ClH/c20-17(16-12-13-6-4-5-9-15(13)19-16)18-10-11-21-14-7-2-1-3-8-14;/h1-3,7-8,13,15-16,19H,4-6,9-12H2,(H,18,20);1H. The smallest absolute Gasteiger partial charge is 0.237 e. The number of benzene rings is 1. The number of fused-ring (bicyclic) bond motifs is 1. The Morgan fingerprint density at radius 1 is 1.23 bits per heavy atom. The Balaban J connectivity index is 0.00000176. The molecular formula is C17H25ClN2OS. The molecule has 2 N–H and O–H groups in total. The highest BCUT2D eigenvalue weighted by molar-refractivity contribution is 7.99. The van der Waals surface area contributed by atoms with Crippen molar-refractivity contribution < 1.29 is 4.79 Å². The molecule has 3 atom stereocenters. The quantitative estimate of drug-likeness (QED) is 0.638. The Labute approximate surface area is 143 Å². The zero-order chi connectivity index (χ0) is 14.5. The fraction of sp³-hybridized carbons (Fsp3) is 0.588. The maximum Gasteiger partial charge on any atom is 0.237 e. The van der Waals surface area contributed by atoms with Crippen LogP contribution in [0.4, 0.5) is 0 Å². The highest BCUT2D eigenvalue weighted by Crippen LogP contribution is 2.33. The molecule has 122 valence electrons. The lowest BCUT2D eigenvalue weighted by atomic mass is 9.85. The Hall–Kier alpha value is -0.710. The van der Waals surface area contributed by atoms with Crippen molar-refractivity contribution in [3.05, 3.63) is 30.3 Å². The minimum atomic E-state index is 0. The van der Waals surface area contributed by atoms with Crippen LogP contribution < -0.4 is 10.6 Å².